The number of nitrogens with one attached hydrogen (secondary N) is 1. The maximum atomic E-state index is 9.98. The summed E-state index contributed by atoms with van der Waals surface area (Å²) < 4.78 is 15.9. The van der Waals surface area contributed by atoms with Crippen LogP contribution in [0.25, 0.3) is 0 Å². The summed E-state index contributed by atoms with van der Waals surface area (Å²) in [5.74, 6) is 2.51. The van der Waals surface area contributed by atoms with Gasteiger partial charge in [-0.25, -0.2) is 0 Å². The Bertz CT molecular complexity index is 595. The molecule has 112 valence electrons. The molecule has 5 nitrogen and oxygen atoms in total. The Labute approximate surface area is 123 Å². The van der Waals surface area contributed by atoms with Crippen LogP contribution in [-0.4, -0.2) is 17.9 Å². The Kier molecular flexibility index (Phi) is 4.01. The average Bonchev–Trinajstić information content (AvgIpc) is 3.13. The predicted molar refractivity (Wildman–Crippen MR) is 77.6 cm³/mol. The van der Waals surface area contributed by atoms with E-state index in [2.05, 4.69) is 12.2 Å². The molecule has 1 aliphatic heterocycles. The molecule has 21 heavy (non-hydrogen) atoms. The van der Waals surface area contributed by atoms with Crippen LogP contribution in [0.1, 0.15) is 24.7 Å². The van der Waals surface area contributed by atoms with Crippen molar-refractivity contribution in [3.63, 3.8) is 0 Å². The van der Waals surface area contributed by atoms with E-state index in [1.54, 1.807) is 12.3 Å². The third kappa shape index (κ3) is 3.31. The van der Waals surface area contributed by atoms with E-state index in [1.807, 2.05) is 18.2 Å². The highest BCUT2D eigenvalue weighted by atomic mass is 16.7. The normalized spacial score (nSPS) is 14.3. The molecule has 1 aromatic heterocycles. The van der Waals surface area contributed by atoms with E-state index in [0.29, 0.717) is 24.1 Å². The largest absolute Gasteiger partial charge is 0.507 e. The number of aromatic hydroxyl groups is 1. The molecule has 0 saturated heterocycles. The van der Waals surface area contributed by atoms with E-state index in [-0.39, 0.29) is 12.5 Å². The van der Waals surface area contributed by atoms with Crippen molar-refractivity contribution in [1.29, 1.82) is 0 Å². The molecule has 0 saturated carbocycles. The molecule has 2 heterocycles. The van der Waals surface area contributed by atoms with Gasteiger partial charge in [-0.3, -0.25) is 0 Å². The van der Waals surface area contributed by atoms with Crippen molar-refractivity contribution in [1.82, 2.24) is 5.32 Å². The summed E-state index contributed by atoms with van der Waals surface area (Å²) in [6.45, 7) is 2.92. The second kappa shape index (κ2) is 6.10. The molecule has 0 fully saturated rings. The van der Waals surface area contributed by atoms with Crippen LogP contribution < -0.4 is 14.8 Å². The highest BCUT2D eigenvalue weighted by molar-refractivity contribution is 5.51. The van der Waals surface area contributed by atoms with Crippen LogP contribution >= 0.6 is 0 Å². The first-order valence-electron chi connectivity index (χ1n) is 7.09. The lowest BCUT2D eigenvalue weighted by molar-refractivity contribution is 0.174. The summed E-state index contributed by atoms with van der Waals surface area (Å²) >= 11 is 0. The quantitative estimate of drug-likeness (QED) is 0.856. The Balaban J connectivity index is 1.52. The van der Waals surface area contributed by atoms with Gasteiger partial charge in [-0.15, -0.1) is 0 Å². The number of phenols is 1. The van der Waals surface area contributed by atoms with Gasteiger partial charge in [0.05, 0.1) is 6.26 Å². The predicted octanol–water partition coefficient (Wildman–Crippen LogP) is 2.82. The summed E-state index contributed by atoms with van der Waals surface area (Å²) in [6, 6.07) is 7.63. The Hall–Kier alpha value is -2.14. The Morgan fingerprint density at radius 2 is 2.10 bits per heavy atom. The van der Waals surface area contributed by atoms with E-state index in [4.69, 9.17) is 13.9 Å². The fourth-order valence-electron chi connectivity index (χ4n) is 2.31. The molecule has 0 radical (unpaired) electrons. The number of phenolic OH excluding ortho intramolecular Hbond substituents is 1. The third-order valence-electron chi connectivity index (χ3n) is 3.62. The number of furan rings is 1. The zero-order chi connectivity index (χ0) is 14.7. The van der Waals surface area contributed by atoms with Crippen LogP contribution in [0.15, 0.2) is 34.9 Å². The smallest absolute Gasteiger partial charge is 0.231 e. The van der Waals surface area contributed by atoms with Gasteiger partial charge in [-0.2, -0.15) is 0 Å². The monoisotopic (exact) mass is 289 g/mol. The van der Waals surface area contributed by atoms with Crippen LogP contribution in [0.2, 0.25) is 0 Å². The lowest BCUT2D eigenvalue weighted by Gasteiger charge is -2.14. The fourth-order valence-corrected chi connectivity index (χ4v) is 2.31. The maximum absolute atomic E-state index is 9.98. The summed E-state index contributed by atoms with van der Waals surface area (Å²) in [7, 11) is 0. The molecule has 1 aliphatic rings. The first kappa shape index (κ1) is 13.8. The van der Waals surface area contributed by atoms with Gasteiger partial charge in [-0.1, -0.05) is 0 Å². The van der Waals surface area contributed by atoms with Crippen LogP contribution in [0.5, 0.6) is 17.2 Å². The van der Waals surface area contributed by atoms with E-state index in [9.17, 15) is 5.11 Å². The maximum Gasteiger partial charge on any atom is 0.231 e. The molecule has 1 unspecified atom stereocenters. The zero-order valence-corrected chi connectivity index (χ0v) is 12.0. The number of benzene rings is 1. The standard InChI is InChI=1S/C16H19NO4/c1-11(4-5-13-3-2-6-19-13)17-9-12-7-15-16(8-14(12)18)21-10-20-15/h2-3,6-8,11,17-18H,4-5,9-10H2,1H3. The van der Waals surface area contributed by atoms with Crippen molar-refractivity contribution < 1.29 is 19.0 Å². The molecule has 0 bridgehead atoms. The lowest BCUT2D eigenvalue weighted by atomic mass is 10.1. The second-order valence-corrected chi connectivity index (χ2v) is 5.23. The number of fused-ring (bicyclic) bond motifs is 1. The molecule has 0 spiro atoms. The minimum Gasteiger partial charge on any atom is -0.507 e. The number of hydrogen-bond acceptors (Lipinski definition) is 5. The van der Waals surface area contributed by atoms with Crippen molar-refractivity contribution in [2.45, 2.75) is 32.4 Å². The number of rotatable bonds is 6. The minimum atomic E-state index is 0.213. The van der Waals surface area contributed by atoms with Gasteiger partial charge < -0.3 is 24.3 Å². The topological polar surface area (TPSA) is 63.9 Å². The van der Waals surface area contributed by atoms with E-state index >= 15 is 0 Å². The van der Waals surface area contributed by atoms with Crippen molar-refractivity contribution in [2.24, 2.45) is 0 Å². The van der Waals surface area contributed by atoms with E-state index in [0.717, 1.165) is 24.2 Å². The van der Waals surface area contributed by atoms with Crippen molar-refractivity contribution in [2.75, 3.05) is 6.79 Å². The SMILES string of the molecule is CC(CCc1ccco1)NCc1cc2c(cc1O)OCO2. The highest BCUT2D eigenvalue weighted by Crippen LogP contribution is 2.37. The molecule has 0 amide bonds. The number of aryl methyl sites for hydroxylation is 1. The Morgan fingerprint density at radius 1 is 1.29 bits per heavy atom. The van der Waals surface area contributed by atoms with E-state index in [1.165, 1.54) is 0 Å². The van der Waals surface area contributed by atoms with Crippen LogP contribution in [0.3, 0.4) is 0 Å². The van der Waals surface area contributed by atoms with Crippen molar-refractivity contribution >= 4 is 0 Å². The first-order chi connectivity index (χ1) is 10.2. The Morgan fingerprint density at radius 3 is 2.86 bits per heavy atom. The fraction of sp³-hybridized carbons (Fsp3) is 0.375. The molecule has 5 heteroatoms. The minimum absolute atomic E-state index is 0.213. The molecule has 1 atom stereocenters. The third-order valence-corrected chi connectivity index (χ3v) is 3.62. The van der Waals surface area contributed by atoms with Gasteiger partial charge in [0, 0.05) is 30.6 Å². The van der Waals surface area contributed by atoms with Crippen LogP contribution in [0.4, 0.5) is 0 Å². The van der Waals surface area contributed by atoms with Gasteiger partial charge in [0.1, 0.15) is 11.5 Å². The molecule has 1 aromatic carbocycles. The molecule has 2 N–H and O–H groups in total. The lowest BCUT2D eigenvalue weighted by Crippen LogP contribution is -2.25. The first-order valence-corrected chi connectivity index (χ1v) is 7.09. The molecule has 3 rings (SSSR count). The highest BCUT2D eigenvalue weighted by Gasteiger charge is 2.17. The van der Waals surface area contributed by atoms with Gasteiger partial charge >= 0.3 is 0 Å². The summed E-state index contributed by atoms with van der Waals surface area (Å²) in [5.41, 5.74) is 0.809. The van der Waals surface area contributed by atoms with Gasteiger partial charge in [0.15, 0.2) is 11.5 Å². The molecular weight excluding hydrogens is 270 g/mol. The summed E-state index contributed by atoms with van der Waals surface area (Å²) in [5, 5.41) is 13.4. The van der Waals surface area contributed by atoms with E-state index < -0.39 is 0 Å². The molecule has 0 aliphatic carbocycles. The average molecular weight is 289 g/mol. The van der Waals surface area contributed by atoms with Crippen molar-refractivity contribution in [3.8, 4) is 17.2 Å². The van der Waals surface area contributed by atoms with Crippen LogP contribution in [-0.2, 0) is 13.0 Å². The number of hydrogen-bond donors (Lipinski definition) is 2. The summed E-state index contributed by atoms with van der Waals surface area (Å²) in [6.07, 6.45) is 3.56. The molecular formula is C16H19NO4. The number of ether oxygens (including phenoxy) is 2. The van der Waals surface area contributed by atoms with Gasteiger partial charge in [0.25, 0.3) is 0 Å². The molecule has 2 aromatic rings. The second-order valence-electron chi connectivity index (χ2n) is 5.23. The van der Waals surface area contributed by atoms with Crippen LogP contribution in [0, 0.1) is 0 Å². The van der Waals surface area contributed by atoms with Crippen molar-refractivity contribution in [3.05, 3.63) is 41.9 Å². The van der Waals surface area contributed by atoms with Gasteiger partial charge in [-0.05, 0) is 31.5 Å². The zero-order valence-electron chi connectivity index (χ0n) is 12.0. The summed E-state index contributed by atoms with van der Waals surface area (Å²) in [4.78, 5) is 0. The van der Waals surface area contributed by atoms with Gasteiger partial charge in [0.2, 0.25) is 6.79 Å².